The first-order chi connectivity index (χ1) is 8.22. The predicted molar refractivity (Wildman–Crippen MR) is 73.8 cm³/mol. The summed E-state index contributed by atoms with van der Waals surface area (Å²) in [5.74, 6) is 0.917. The van der Waals surface area contributed by atoms with E-state index in [1.54, 1.807) is 16.9 Å². The number of rotatable bonds is 1. The molecule has 2 N–H and O–H groups in total. The Hall–Kier alpha value is -1.70. The third-order valence-electron chi connectivity index (χ3n) is 2.36. The molecule has 0 unspecified atom stereocenters. The summed E-state index contributed by atoms with van der Waals surface area (Å²) in [6, 6.07) is 7.87. The number of nitrogens with zero attached hydrogens (tertiary/aromatic N) is 4. The maximum Gasteiger partial charge on any atom is 0.221 e. The molecule has 0 fully saturated rings. The van der Waals surface area contributed by atoms with Gasteiger partial charge in [0.05, 0.1) is 5.52 Å². The second-order valence-electron chi connectivity index (χ2n) is 3.55. The van der Waals surface area contributed by atoms with Gasteiger partial charge in [0, 0.05) is 27.4 Å². The van der Waals surface area contributed by atoms with E-state index in [9.17, 15) is 0 Å². The van der Waals surface area contributed by atoms with Crippen LogP contribution in [0.25, 0.3) is 16.7 Å². The topological polar surface area (TPSA) is 69.6 Å². The Morgan fingerprint density at radius 3 is 2.94 bits per heavy atom. The maximum atomic E-state index is 5.55. The fourth-order valence-corrected chi connectivity index (χ4v) is 2.07. The van der Waals surface area contributed by atoms with Gasteiger partial charge in [0.2, 0.25) is 5.95 Å². The summed E-state index contributed by atoms with van der Waals surface area (Å²) in [7, 11) is 0. The van der Waals surface area contributed by atoms with Crippen LogP contribution in [0.2, 0.25) is 0 Å². The van der Waals surface area contributed by atoms with E-state index < -0.39 is 0 Å². The van der Waals surface area contributed by atoms with Crippen molar-refractivity contribution in [1.82, 2.24) is 19.7 Å². The van der Waals surface area contributed by atoms with Crippen LogP contribution in [0.3, 0.4) is 0 Å². The average Bonchev–Trinajstić information content (AvgIpc) is 2.72. The Labute approximate surface area is 111 Å². The smallest absolute Gasteiger partial charge is 0.221 e. The van der Waals surface area contributed by atoms with Crippen molar-refractivity contribution in [2.75, 3.05) is 5.73 Å². The van der Waals surface area contributed by atoms with Gasteiger partial charge in [-0.05, 0) is 34.7 Å². The first kappa shape index (κ1) is 10.5. The molecule has 0 aliphatic heterocycles. The van der Waals surface area contributed by atoms with Gasteiger partial charge in [0.1, 0.15) is 0 Å². The van der Waals surface area contributed by atoms with E-state index in [-0.39, 0.29) is 5.95 Å². The van der Waals surface area contributed by atoms with Crippen LogP contribution in [0, 0.1) is 3.57 Å². The standard InChI is InChI=1S/C11H8IN5/c12-8-2-1-7-6-17(16-9(7)5-8)10-3-4-14-11(13)15-10/h1-6H,(H2,13,14,15). The second-order valence-corrected chi connectivity index (χ2v) is 4.80. The van der Waals surface area contributed by atoms with E-state index in [1.807, 2.05) is 24.4 Å². The summed E-state index contributed by atoms with van der Waals surface area (Å²) in [5, 5.41) is 5.52. The summed E-state index contributed by atoms with van der Waals surface area (Å²) in [6.07, 6.45) is 3.54. The Morgan fingerprint density at radius 2 is 2.12 bits per heavy atom. The van der Waals surface area contributed by atoms with E-state index in [4.69, 9.17) is 5.73 Å². The number of anilines is 1. The van der Waals surface area contributed by atoms with Gasteiger partial charge in [-0.1, -0.05) is 6.07 Å². The molecule has 0 bridgehead atoms. The van der Waals surface area contributed by atoms with Gasteiger partial charge in [0.15, 0.2) is 5.82 Å². The normalized spacial score (nSPS) is 10.9. The SMILES string of the molecule is Nc1nccc(-n2cc3ccc(I)cc3n2)n1. The van der Waals surface area contributed by atoms with Gasteiger partial charge >= 0.3 is 0 Å². The molecular weight excluding hydrogens is 329 g/mol. The molecule has 6 heteroatoms. The van der Waals surface area contributed by atoms with Gasteiger partial charge < -0.3 is 5.73 Å². The lowest BCUT2D eigenvalue weighted by molar-refractivity contribution is 0.855. The highest BCUT2D eigenvalue weighted by Crippen LogP contribution is 2.17. The monoisotopic (exact) mass is 337 g/mol. The fourth-order valence-electron chi connectivity index (χ4n) is 1.60. The summed E-state index contributed by atoms with van der Waals surface area (Å²) >= 11 is 2.26. The molecule has 0 radical (unpaired) electrons. The van der Waals surface area contributed by atoms with Crippen molar-refractivity contribution in [3.05, 3.63) is 40.2 Å². The molecule has 3 aromatic rings. The average molecular weight is 337 g/mol. The summed E-state index contributed by atoms with van der Waals surface area (Å²) in [5.41, 5.74) is 6.49. The molecule has 0 aliphatic rings. The zero-order valence-electron chi connectivity index (χ0n) is 8.71. The number of benzene rings is 1. The molecule has 17 heavy (non-hydrogen) atoms. The van der Waals surface area contributed by atoms with Crippen molar-refractivity contribution >= 4 is 39.4 Å². The van der Waals surface area contributed by atoms with Crippen LogP contribution < -0.4 is 5.73 Å². The minimum Gasteiger partial charge on any atom is -0.368 e. The molecule has 84 valence electrons. The zero-order chi connectivity index (χ0) is 11.8. The molecule has 0 saturated heterocycles. The molecule has 2 heterocycles. The number of aromatic nitrogens is 4. The summed E-state index contributed by atoms with van der Waals surface area (Å²) < 4.78 is 2.86. The first-order valence-electron chi connectivity index (χ1n) is 4.96. The highest BCUT2D eigenvalue weighted by atomic mass is 127. The molecular formula is C11H8IN5. The molecule has 0 aliphatic carbocycles. The van der Waals surface area contributed by atoms with Crippen LogP contribution in [0.1, 0.15) is 0 Å². The van der Waals surface area contributed by atoms with E-state index in [0.717, 1.165) is 14.5 Å². The van der Waals surface area contributed by atoms with Crippen LogP contribution >= 0.6 is 22.6 Å². The van der Waals surface area contributed by atoms with Gasteiger partial charge in [0.25, 0.3) is 0 Å². The molecule has 5 nitrogen and oxygen atoms in total. The largest absolute Gasteiger partial charge is 0.368 e. The molecule has 0 amide bonds. The molecule has 0 spiro atoms. The van der Waals surface area contributed by atoms with Crippen molar-refractivity contribution in [3.8, 4) is 5.82 Å². The third-order valence-corrected chi connectivity index (χ3v) is 3.03. The highest BCUT2D eigenvalue weighted by Gasteiger charge is 2.04. The number of hydrogen-bond donors (Lipinski definition) is 1. The van der Waals surface area contributed by atoms with Crippen molar-refractivity contribution in [2.45, 2.75) is 0 Å². The quantitative estimate of drug-likeness (QED) is 0.690. The Kier molecular flexibility index (Phi) is 2.43. The minimum atomic E-state index is 0.247. The molecule has 0 atom stereocenters. The maximum absolute atomic E-state index is 5.55. The van der Waals surface area contributed by atoms with E-state index in [0.29, 0.717) is 5.82 Å². The van der Waals surface area contributed by atoms with Crippen molar-refractivity contribution in [2.24, 2.45) is 0 Å². The number of fused-ring (bicyclic) bond motifs is 1. The molecule has 3 rings (SSSR count). The zero-order valence-corrected chi connectivity index (χ0v) is 10.9. The third kappa shape index (κ3) is 1.95. The van der Waals surface area contributed by atoms with Crippen LogP contribution in [0.5, 0.6) is 0 Å². The Morgan fingerprint density at radius 1 is 1.24 bits per heavy atom. The lowest BCUT2D eigenvalue weighted by Gasteiger charge is -1.98. The number of halogens is 1. The predicted octanol–water partition coefficient (Wildman–Crippen LogP) is 2.00. The van der Waals surface area contributed by atoms with E-state index in [2.05, 4.69) is 37.7 Å². The Balaban J connectivity index is 2.18. The number of hydrogen-bond acceptors (Lipinski definition) is 4. The lowest BCUT2D eigenvalue weighted by atomic mass is 10.3. The van der Waals surface area contributed by atoms with Gasteiger partial charge in [-0.3, -0.25) is 0 Å². The van der Waals surface area contributed by atoms with Crippen molar-refractivity contribution < 1.29 is 0 Å². The van der Waals surface area contributed by atoms with Crippen LogP contribution in [-0.2, 0) is 0 Å². The highest BCUT2D eigenvalue weighted by molar-refractivity contribution is 14.1. The summed E-state index contributed by atoms with van der Waals surface area (Å²) in [6.45, 7) is 0. The van der Waals surface area contributed by atoms with Crippen LogP contribution in [0.15, 0.2) is 36.7 Å². The van der Waals surface area contributed by atoms with E-state index >= 15 is 0 Å². The molecule has 1 aromatic carbocycles. The van der Waals surface area contributed by atoms with Crippen molar-refractivity contribution in [1.29, 1.82) is 0 Å². The van der Waals surface area contributed by atoms with Gasteiger partial charge in [-0.25, -0.2) is 9.67 Å². The minimum absolute atomic E-state index is 0.247. The fraction of sp³-hybridized carbons (Fsp3) is 0. The first-order valence-corrected chi connectivity index (χ1v) is 6.04. The van der Waals surface area contributed by atoms with E-state index in [1.165, 1.54) is 0 Å². The Bertz CT molecular complexity index is 691. The van der Waals surface area contributed by atoms with Crippen LogP contribution in [0.4, 0.5) is 5.95 Å². The van der Waals surface area contributed by atoms with Crippen molar-refractivity contribution in [3.63, 3.8) is 0 Å². The van der Waals surface area contributed by atoms with Gasteiger partial charge in [-0.15, -0.1) is 0 Å². The lowest BCUT2D eigenvalue weighted by Crippen LogP contribution is -2.02. The van der Waals surface area contributed by atoms with Gasteiger partial charge in [-0.2, -0.15) is 10.1 Å². The number of nitrogens with two attached hydrogens (primary N) is 1. The van der Waals surface area contributed by atoms with Crippen LogP contribution in [-0.4, -0.2) is 19.7 Å². The number of nitrogen functional groups attached to an aromatic ring is 1. The summed E-state index contributed by atoms with van der Waals surface area (Å²) in [4.78, 5) is 7.98. The molecule has 2 aromatic heterocycles. The molecule has 0 saturated carbocycles. The second kappa shape index (κ2) is 3.95.